The third-order valence-electron chi connectivity index (χ3n) is 2.78. The van der Waals surface area contributed by atoms with Crippen molar-refractivity contribution in [1.29, 1.82) is 0 Å². The molecule has 0 rings (SSSR count). The zero-order valence-corrected chi connectivity index (χ0v) is 9.19. The van der Waals surface area contributed by atoms with E-state index in [2.05, 4.69) is 26.1 Å². The Morgan fingerprint density at radius 2 is 1.75 bits per heavy atom. The molecule has 0 aliphatic carbocycles. The Balaban J connectivity index is 3.44. The topological polar surface area (TPSA) is 12.0 Å². The molecule has 0 saturated carbocycles. The van der Waals surface area contributed by atoms with Gasteiger partial charge in [-0.1, -0.05) is 33.6 Å². The van der Waals surface area contributed by atoms with Crippen molar-refractivity contribution >= 4 is 0 Å². The molecule has 0 amide bonds. The molecular formula is C11H25N. The first kappa shape index (κ1) is 12.0. The largest absolute Gasteiger partial charge is 0.320 e. The molecule has 0 aliphatic heterocycles. The molecule has 74 valence electrons. The monoisotopic (exact) mass is 171 g/mol. The number of hydrogen-bond acceptors (Lipinski definition) is 1. The summed E-state index contributed by atoms with van der Waals surface area (Å²) in [5.41, 5.74) is 0. The van der Waals surface area contributed by atoms with Gasteiger partial charge in [-0.25, -0.2) is 0 Å². The molecule has 12 heavy (non-hydrogen) atoms. The van der Waals surface area contributed by atoms with Gasteiger partial charge in [0, 0.05) is 0 Å². The molecule has 0 aromatic rings. The zero-order valence-electron chi connectivity index (χ0n) is 9.19. The molecule has 0 fully saturated rings. The summed E-state index contributed by atoms with van der Waals surface area (Å²) in [5.74, 6) is 1.85. The summed E-state index contributed by atoms with van der Waals surface area (Å²) in [5, 5.41) is 3.21. The van der Waals surface area contributed by atoms with Crippen LogP contribution in [0, 0.1) is 11.8 Å². The maximum atomic E-state index is 3.21. The van der Waals surface area contributed by atoms with Gasteiger partial charge >= 0.3 is 0 Å². The van der Waals surface area contributed by atoms with E-state index in [1.54, 1.807) is 0 Å². The molecule has 1 nitrogen and oxygen atoms in total. The first-order valence-corrected chi connectivity index (χ1v) is 5.39. The lowest BCUT2D eigenvalue weighted by atomic mass is 9.90. The van der Waals surface area contributed by atoms with Crippen molar-refractivity contribution in [2.24, 2.45) is 11.8 Å². The minimum Gasteiger partial charge on any atom is -0.320 e. The molecule has 0 aromatic heterocycles. The Kier molecular flexibility index (Phi) is 7.58. The summed E-state index contributed by atoms with van der Waals surface area (Å²) in [6.07, 6.45) is 5.43. The second-order valence-corrected chi connectivity index (χ2v) is 3.92. The van der Waals surface area contributed by atoms with E-state index < -0.39 is 0 Å². The standard InChI is InChI=1S/C11H25N/c1-5-11(6-2)9-10(3)7-8-12-4/h10-12H,5-9H2,1-4H3. The normalized spacial score (nSPS) is 13.8. The summed E-state index contributed by atoms with van der Waals surface area (Å²) in [4.78, 5) is 0. The van der Waals surface area contributed by atoms with Gasteiger partial charge in [-0.05, 0) is 38.3 Å². The molecule has 0 saturated heterocycles. The van der Waals surface area contributed by atoms with E-state index in [0.717, 1.165) is 11.8 Å². The van der Waals surface area contributed by atoms with E-state index in [0.29, 0.717) is 0 Å². The average molecular weight is 171 g/mol. The van der Waals surface area contributed by atoms with E-state index in [-0.39, 0.29) is 0 Å². The van der Waals surface area contributed by atoms with Crippen LogP contribution in [0.1, 0.15) is 46.5 Å². The van der Waals surface area contributed by atoms with Gasteiger partial charge in [-0.2, -0.15) is 0 Å². The van der Waals surface area contributed by atoms with Crippen molar-refractivity contribution < 1.29 is 0 Å². The molecule has 1 unspecified atom stereocenters. The molecule has 1 heteroatoms. The highest BCUT2D eigenvalue weighted by molar-refractivity contribution is 4.61. The minimum atomic E-state index is 0.891. The van der Waals surface area contributed by atoms with E-state index in [4.69, 9.17) is 0 Å². The average Bonchev–Trinajstić information content (AvgIpc) is 2.10. The highest BCUT2D eigenvalue weighted by Crippen LogP contribution is 2.20. The van der Waals surface area contributed by atoms with Gasteiger partial charge in [0.25, 0.3) is 0 Å². The molecule has 0 bridgehead atoms. The van der Waals surface area contributed by atoms with Gasteiger partial charge in [0.15, 0.2) is 0 Å². The molecule has 0 heterocycles. The van der Waals surface area contributed by atoms with Gasteiger partial charge in [0.2, 0.25) is 0 Å². The second-order valence-electron chi connectivity index (χ2n) is 3.92. The maximum absolute atomic E-state index is 3.21. The van der Waals surface area contributed by atoms with Crippen molar-refractivity contribution in [1.82, 2.24) is 5.32 Å². The summed E-state index contributed by atoms with van der Waals surface area (Å²) in [6, 6.07) is 0. The molecule has 0 aliphatic rings. The van der Waals surface area contributed by atoms with Crippen molar-refractivity contribution in [3.8, 4) is 0 Å². The fourth-order valence-corrected chi connectivity index (χ4v) is 1.70. The third-order valence-corrected chi connectivity index (χ3v) is 2.78. The fourth-order valence-electron chi connectivity index (χ4n) is 1.70. The van der Waals surface area contributed by atoms with Crippen LogP contribution in [0.5, 0.6) is 0 Å². The fraction of sp³-hybridized carbons (Fsp3) is 1.00. The molecule has 1 N–H and O–H groups in total. The van der Waals surface area contributed by atoms with E-state index in [1.165, 1.54) is 32.2 Å². The summed E-state index contributed by atoms with van der Waals surface area (Å²) >= 11 is 0. The van der Waals surface area contributed by atoms with Crippen molar-refractivity contribution in [3.63, 3.8) is 0 Å². The van der Waals surface area contributed by atoms with E-state index in [1.807, 2.05) is 7.05 Å². The quantitative estimate of drug-likeness (QED) is 0.621. The molecule has 0 aromatic carbocycles. The van der Waals surface area contributed by atoms with Crippen LogP contribution in [0.25, 0.3) is 0 Å². The maximum Gasteiger partial charge on any atom is -0.00494 e. The number of nitrogens with one attached hydrogen (secondary N) is 1. The summed E-state index contributed by atoms with van der Waals surface area (Å²) in [6.45, 7) is 8.15. The Morgan fingerprint density at radius 1 is 1.17 bits per heavy atom. The number of rotatable bonds is 7. The molecule has 0 spiro atoms. The smallest absolute Gasteiger partial charge is 0.00494 e. The van der Waals surface area contributed by atoms with Crippen LogP contribution in [-0.2, 0) is 0 Å². The van der Waals surface area contributed by atoms with Gasteiger partial charge in [0.05, 0.1) is 0 Å². The lowest BCUT2D eigenvalue weighted by Crippen LogP contribution is -2.13. The first-order chi connectivity index (χ1) is 5.74. The van der Waals surface area contributed by atoms with Crippen molar-refractivity contribution in [2.45, 2.75) is 46.5 Å². The van der Waals surface area contributed by atoms with Crippen LogP contribution < -0.4 is 5.32 Å². The lowest BCUT2D eigenvalue weighted by Gasteiger charge is -2.17. The van der Waals surface area contributed by atoms with E-state index >= 15 is 0 Å². The van der Waals surface area contributed by atoms with Crippen LogP contribution in [0.2, 0.25) is 0 Å². The minimum absolute atomic E-state index is 0.891. The Morgan fingerprint density at radius 3 is 2.17 bits per heavy atom. The number of hydrogen-bond donors (Lipinski definition) is 1. The summed E-state index contributed by atoms with van der Waals surface area (Å²) < 4.78 is 0. The second kappa shape index (κ2) is 7.60. The molecular weight excluding hydrogens is 146 g/mol. The van der Waals surface area contributed by atoms with Crippen LogP contribution in [0.4, 0.5) is 0 Å². The predicted octanol–water partition coefficient (Wildman–Crippen LogP) is 3.06. The SMILES string of the molecule is CCC(CC)CC(C)CCNC. The van der Waals surface area contributed by atoms with Crippen molar-refractivity contribution in [2.75, 3.05) is 13.6 Å². The van der Waals surface area contributed by atoms with Crippen LogP contribution >= 0.6 is 0 Å². The van der Waals surface area contributed by atoms with Gasteiger partial charge in [-0.15, -0.1) is 0 Å². The predicted molar refractivity (Wildman–Crippen MR) is 56.4 cm³/mol. The third kappa shape index (κ3) is 5.59. The van der Waals surface area contributed by atoms with Crippen LogP contribution in [0.3, 0.4) is 0 Å². The highest BCUT2D eigenvalue weighted by Gasteiger charge is 2.08. The van der Waals surface area contributed by atoms with Gasteiger partial charge < -0.3 is 5.32 Å². The zero-order chi connectivity index (χ0) is 9.40. The van der Waals surface area contributed by atoms with Gasteiger partial charge in [-0.3, -0.25) is 0 Å². The van der Waals surface area contributed by atoms with Crippen molar-refractivity contribution in [3.05, 3.63) is 0 Å². The molecule has 1 atom stereocenters. The highest BCUT2D eigenvalue weighted by atomic mass is 14.8. The summed E-state index contributed by atoms with van der Waals surface area (Å²) in [7, 11) is 2.03. The Labute approximate surface area is 77.9 Å². The van der Waals surface area contributed by atoms with Crippen LogP contribution in [0.15, 0.2) is 0 Å². The van der Waals surface area contributed by atoms with E-state index in [9.17, 15) is 0 Å². The lowest BCUT2D eigenvalue weighted by molar-refractivity contribution is 0.355. The Bertz CT molecular complexity index is 87.0. The van der Waals surface area contributed by atoms with Gasteiger partial charge in [0.1, 0.15) is 0 Å². The van der Waals surface area contributed by atoms with Crippen LogP contribution in [-0.4, -0.2) is 13.6 Å². The Hall–Kier alpha value is -0.0400. The first-order valence-electron chi connectivity index (χ1n) is 5.39. The molecule has 0 radical (unpaired) electrons.